The second kappa shape index (κ2) is 11.5. The van der Waals surface area contributed by atoms with Gasteiger partial charge in [-0.25, -0.2) is 4.39 Å². The molecule has 0 saturated heterocycles. The van der Waals surface area contributed by atoms with Gasteiger partial charge in [0.2, 0.25) is 0 Å². The summed E-state index contributed by atoms with van der Waals surface area (Å²) in [7, 11) is 3.51. The van der Waals surface area contributed by atoms with E-state index >= 15 is 0 Å². The molecule has 1 unspecified atom stereocenters. The van der Waals surface area contributed by atoms with Crippen LogP contribution in [-0.2, 0) is 4.74 Å². The molecule has 3 N–H and O–H groups in total. The first-order chi connectivity index (χ1) is 10.0. The van der Waals surface area contributed by atoms with Crippen molar-refractivity contribution in [2.75, 3.05) is 38.8 Å². The summed E-state index contributed by atoms with van der Waals surface area (Å²) in [6.45, 7) is 3.85. The Hall–Kier alpha value is -1.09. The number of methoxy groups -OCH3 is 1. The Labute approximate surface area is 149 Å². The lowest BCUT2D eigenvalue weighted by atomic mass is 10.2. The molecule has 1 rings (SSSR count). The van der Waals surface area contributed by atoms with E-state index in [9.17, 15) is 4.39 Å². The number of para-hydroxylation sites is 1. The Morgan fingerprint density at radius 2 is 2.14 bits per heavy atom. The monoisotopic (exact) mass is 424 g/mol. The Morgan fingerprint density at radius 1 is 1.45 bits per heavy atom. The number of aliphatic imine (C=N–C) groups is 1. The van der Waals surface area contributed by atoms with Crippen molar-refractivity contribution in [3.63, 3.8) is 0 Å². The van der Waals surface area contributed by atoms with Crippen LogP contribution < -0.4 is 16.0 Å². The first-order valence-corrected chi connectivity index (χ1v) is 7.05. The lowest BCUT2D eigenvalue weighted by Crippen LogP contribution is -2.40. The predicted octanol–water partition coefficient (Wildman–Crippen LogP) is 2.21. The van der Waals surface area contributed by atoms with Gasteiger partial charge in [-0.1, -0.05) is 12.1 Å². The number of nitrogens with zero attached hydrogens (tertiary/aromatic N) is 2. The third-order valence-corrected chi connectivity index (χ3v) is 3.01. The van der Waals surface area contributed by atoms with Crippen LogP contribution in [0.4, 0.5) is 10.1 Å². The summed E-state index contributed by atoms with van der Waals surface area (Å²) in [6.07, 6.45) is 0.797. The Morgan fingerprint density at radius 3 is 2.77 bits per heavy atom. The summed E-state index contributed by atoms with van der Waals surface area (Å²) < 4.78 is 18.6. The minimum atomic E-state index is -0.210. The summed E-state index contributed by atoms with van der Waals surface area (Å²) in [4.78, 5) is 6.12. The molecule has 5 nitrogen and oxygen atoms in total. The van der Waals surface area contributed by atoms with E-state index in [4.69, 9.17) is 10.5 Å². The van der Waals surface area contributed by atoms with Gasteiger partial charge in [0, 0.05) is 33.3 Å². The predicted molar refractivity (Wildman–Crippen MR) is 101 cm³/mol. The second-order valence-electron chi connectivity index (χ2n) is 4.99. The maximum atomic E-state index is 13.6. The molecular formula is C15H26FIN4O. The van der Waals surface area contributed by atoms with Crippen LogP contribution in [-0.4, -0.2) is 45.9 Å². The van der Waals surface area contributed by atoms with Crippen molar-refractivity contribution in [2.45, 2.75) is 19.4 Å². The molecule has 0 aliphatic rings. The van der Waals surface area contributed by atoms with Gasteiger partial charge < -0.3 is 20.7 Å². The highest BCUT2D eigenvalue weighted by Crippen LogP contribution is 2.16. The minimum Gasteiger partial charge on any atom is -0.383 e. The largest absolute Gasteiger partial charge is 0.383 e. The molecule has 0 bridgehead atoms. The SMILES string of the molecule is COCC(C)NC(N)=NCCCN(C)c1ccccc1F.I. The van der Waals surface area contributed by atoms with Gasteiger partial charge in [-0.2, -0.15) is 0 Å². The van der Waals surface area contributed by atoms with E-state index in [2.05, 4.69) is 10.3 Å². The fourth-order valence-corrected chi connectivity index (χ4v) is 1.98. The zero-order chi connectivity index (χ0) is 15.7. The number of guanidine groups is 1. The average molecular weight is 424 g/mol. The van der Waals surface area contributed by atoms with Crippen LogP contribution in [0.3, 0.4) is 0 Å². The van der Waals surface area contributed by atoms with Crippen molar-refractivity contribution in [1.82, 2.24) is 5.32 Å². The number of halogens is 2. The van der Waals surface area contributed by atoms with Crippen LogP contribution >= 0.6 is 24.0 Å². The van der Waals surface area contributed by atoms with Gasteiger partial charge in [0.05, 0.1) is 12.3 Å². The Kier molecular flexibility index (Phi) is 10.9. The van der Waals surface area contributed by atoms with Crippen LogP contribution in [0.25, 0.3) is 0 Å². The van der Waals surface area contributed by atoms with Crippen molar-refractivity contribution in [2.24, 2.45) is 10.7 Å². The van der Waals surface area contributed by atoms with Gasteiger partial charge in [0.1, 0.15) is 5.82 Å². The maximum Gasteiger partial charge on any atom is 0.188 e. The van der Waals surface area contributed by atoms with Gasteiger partial charge in [-0.3, -0.25) is 4.99 Å². The van der Waals surface area contributed by atoms with Crippen LogP contribution in [0.5, 0.6) is 0 Å². The molecule has 0 amide bonds. The number of ether oxygens (including phenoxy) is 1. The van der Waals surface area contributed by atoms with Gasteiger partial charge in [-0.05, 0) is 25.5 Å². The molecule has 22 heavy (non-hydrogen) atoms. The highest BCUT2D eigenvalue weighted by atomic mass is 127. The topological polar surface area (TPSA) is 62.9 Å². The summed E-state index contributed by atoms with van der Waals surface area (Å²) in [5.41, 5.74) is 6.37. The van der Waals surface area contributed by atoms with Crippen LogP contribution in [0.2, 0.25) is 0 Å². The quantitative estimate of drug-likeness (QED) is 0.291. The lowest BCUT2D eigenvalue weighted by molar-refractivity contribution is 0.179. The third-order valence-electron chi connectivity index (χ3n) is 3.01. The number of hydrogen-bond acceptors (Lipinski definition) is 3. The van der Waals surface area contributed by atoms with E-state index in [1.807, 2.05) is 24.9 Å². The van der Waals surface area contributed by atoms with Crippen molar-refractivity contribution < 1.29 is 9.13 Å². The fraction of sp³-hybridized carbons (Fsp3) is 0.533. The molecule has 0 aromatic heterocycles. The van der Waals surface area contributed by atoms with E-state index < -0.39 is 0 Å². The molecule has 0 fully saturated rings. The van der Waals surface area contributed by atoms with Crippen LogP contribution in [0, 0.1) is 5.82 Å². The van der Waals surface area contributed by atoms with Crippen molar-refractivity contribution in [3.05, 3.63) is 30.1 Å². The first kappa shape index (κ1) is 20.9. The fourth-order valence-electron chi connectivity index (χ4n) is 1.98. The second-order valence-corrected chi connectivity index (χ2v) is 4.99. The van der Waals surface area contributed by atoms with E-state index in [1.165, 1.54) is 6.07 Å². The molecule has 1 atom stereocenters. The van der Waals surface area contributed by atoms with Crippen molar-refractivity contribution in [3.8, 4) is 0 Å². The molecule has 1 aromatic carbocycles. The third kappa shape index (κ3) is 7.79. The van der Waals surface area contributed by atoms with Crippen LogP contribution in [0.15, 0.2) is 29.3 Å². The molecule has 1 aromatic rings. The van der Waals surface area contributed by atoms with E-state index in [1.54, 1.807) is 19.2 Å². The van der Waals surface area contributed by atoms with Gasteiger partial charge >= 0.3 is 0 Å². The van der Waals surface area contributed by atoms with Gasteiger partial charge in [0.25, 0.3) is 0 Å². The molecular weight excluding hydrogens is 398 g/mol. The smallest absolute Gasteiger partial charge is 0.188 e. The maximum absolute atomic E-state index is 13.6. The van der Waals surface area contributed by atoms with Crippen molar-refractivity contribution in [1.29, 1.82) is 0 Å². The summed E-state index contributed by atoms with van der Waals surface area (Å²) in [5, 5.41) is 3.04. The van der Waals surface area contributed by atoms with Gasteiger partial charge in [0.15, 0.2) is 5.96 Å². The molecule has 126 valence electrons. The minimum absolute atomic E-state index is 0. The van der Waals surface area contributed by atoms with E-state index in [-0.39, 0.29) is 35.8 Å². The summed E-state index contributed by atoms with van der Waals surface area (Å²) in [5.74, 6) is 0.200. The lowest BCUT2D eigenvalue weighted by Gasteiger charge is -2.19. The van der Waals surface area contributed by atoms with Crippen molar-refractivity contribution >= 4 is 35.6 Å². The number of anilines is 1. The Bertz CT molecular complexity index is 459. The van der Waals surface area contributed by atoms with E-state index in [0.717, 1.165) is 6.42 Å². The zero-order valence-corrected chi connectivity index (χ0v) is 15.7. The highest BCUT2D eigenvalue weighted by molar-refractivity contribution is 14.0. The Balaban J connectivity index is 0.00000441. The molecule has 7 heteroatoms. The number of nitrogens with two attached hydrogens (primary N) is 1. The normalized spacial score (nSPS) is 12.5. The number of rotatable bonds is 8. The summed E-state index contributed by atoms with van der Waals surface area (Å²) in [6, 6.07) is 6.86. The van der Waals surface area contributed by atoms with Gasteiger partial charge in [-0.15, -0.1) is 24.0 Å². The zero-order valence-electron chi connectivity index (χ0n) is 13.4. The standard InChI is InChI=1S/C15H25FN4O.HI/c1-12(11-21-3)19-15(17)18-9-6-10-20(2)14-8-5-4-7-13(14)16;/h4-5,7-8,12H,6,9-11H2,1-3H3,(H3,17,18,19);1H. The van der Waals surface area contributed by atoms with Crippen LogP contribution in [0.1, 0.15) is 13.3 Å². The number of nitrogens with one attached hydrogen (secondary N) is 1. The molecule has 0 heterocycles. The summed E-state index contributed by atoms with van der Waals surface area (Å²) >= 11 is 0. The molecule has 0 spiro atoms. The molecule has 0 saturated carbocycles. The highest BCUT2D eigenvalue weighted by Gasteiger charge is 2.06. The average Bonchev–Trinajstić information content (AvgIpc) is 2.44. The van der Waals surface area contributed by atoms with E-state index in [0.29, 0.717) is 31.3 Å². The molecule has 0 radical (unpaired) electrons. The number of benzene rings is 1. The first-order valence-electron chi connectivity index (χ1n) is 7.05. The number of hydrogen-bond donors (Lipinski definition) is 2. The molecule has 0 aliphatic heterocycles. The molecule has 0 aliphatic carbocycles.